The number of carbonyl (C=O) groups excluding carboxylic acids is 2. The summed E-state index contributed by atoms with van der Waals surface area (Å²) in [6, 6.07) is 6.97. The minimum atomic E-state index is -0.403. The maximum absolute atomic E-state index is 12.1. The largest absolute Gasteiger partial charge is 0.368 e. The SMILES string of the molecule is CNC(=O)N(C)C(=O)N1CCN(c2ccc(Cl)cc2)CC1. The highest BCUT2D eigenvalue weighted by atomic mass is 35.5. The number of halogens is 1. The van der Waals surface area contributed by atoms with Crippen molar-refractivity contribution in [1.29, 1.82) is 0 Å². The summed E-state index contributed by atoms with van der Waals surface area (Å²) in [4.78, 5) is 28.6. The third-order valence-corrected chi connectivity index (χ3v) is 3.80. The summed E-state index contributed by atoms with van der Waals surface area (Å²) in [6.07, 6.45) is 0. The first-order valence-corrected chi connectivity index (χ1v) is 7.15. The van der Waals surface area contributed by atoms with Crippen LogP contribution in [0.2, 0.25) is 5.02 Å². The predicted octanol–water partition coefficient (Wildman–Crippen LogP) is 1.85. The smallest absolute Gasteiger partial charge is 0.327 e. The Morgan fingerprint density at radius 2 is 1.71 bits per heavy atom. The van der Waals surface area contributed by atoms with Crippen LogP contribution in [0.1, 0.15) is 0 Å². The van der Waals surface area contributed by atoms with E-state index in [0.717, 1.165) is 23.7 Å². The van der Waals surface area contributed by atoms with Gasteiger partial charge >= 0.3 is 12.1 Å². The lowest BCUT2D eigenvalue weighted by Gasteiger charge is -2.37. The highest BCUT2D eigenvalue weighted by Crippen LogP contribution is 2.19. The second kappa shape index (κ2) is 6.67. The van der Waals surface area contributed by atoms with Gasteiger partial charge in [-0.15, -0.1) is 0 Å². The maximum atomic E-state index is 12.1. The molecule has 1 aromatic rings. The summed E-state index contributed by atoms with van der Waals surface area (Å²) in [6.45, 7) is 2.63. The van der Waals surface area contributed by atoms with E-state index in [1.807, 2.05) is 24.3 Å². The third-order valence-electron chi connectivity index (χ3n) is 3.55. The zero-order valence-electron chi connectivity index (χ0n) is 12.2. The monoisotopic (exact) mass is 310 g/mol. The molecule has 0 aliphatic carbocycles. The summed E-state index contributed by atoms with van der Waals surface area (Å²) in [7, 11) is 2.98. The van der Waals surface area contributed by atoms with Crippen molar-refractivity contribution in [2.45, 2.75) is 0 Å². The number of anilines is 1. The van der Waals surface area contributed by atoms with Gasteiger partial charge in [0.15, 0.2) is 0 Å². The van der Waals surface area contributed by atoms with E-state index in [-0.39, 0.29) is 6.03 Å². The topological polar surface area (TPSA) is 55.9 Å². The molecule has 1 aliphatic heterocycles. The molecule has 1 aliphatic rings. The van der Waals surface area contributed by atoms with Crippen LogP contribution in [0.25, 0.3) is 0 Å². The van der Waals surface area contributed by atoms with Crippen LogP contribution >= 0.6 is 11.6 Å². The second-order valence-electron chi connectivity index (χ2n) is 4.85. The predicted molar refractivity (Wildman–Crippen MR) is 82.9 cm³/mol. The molecule has 0 bridgehead atoms. The fourth-order valence-electron chi connectivity index (χ4n) is 2.27. The van der Waals surface area contributed by atoms with Gasteiger partial charge < -0.3 is 15.1 Å². The van der Waals surface area contributed by atoms with Crippen LogP contribution in [0.15, 0.2) is 24.3 Å². The van der Waals surface area contributed by atoms with Crippen molar-refractivity contribution in [3.05, 3.63) is 29.3 Å². The molecule has 21 heavy (non-hydrogen) atoms. The van der Waals surface area contributed by atoms with Gasteiger partial charge in [-0.2, -0.15) is 0 Å². The van der Waals surface area contributed by atoms with Crippen LogP contribution in [0.4, 0.5) is 15.3 Å². The van der Waals surface area contributed by atoms with Gasteiger partial charge in [-0.05, 0) is 24.3 Å². The van der Waals surface area contributed by atoms with E-state index >= 15 is 0 Å². The molecule has 1 heterocycles. The standard InChI is InChI=1S/C14H19ClN4O2/c1-16-13(20)17(2)14(21)19-9-7-18(8-10-19)12-5-3-11(15)4-6-12/h3-6H,7-10H2,1-2H3,(H,16,20). The molecule has 0 saturated carbocycles. The Balaban J connectivity index is 1.92. The Bertz CT molecular complexity index is 512. The first kappa shape index (κ1) is 15.4. The van der Waals surface area contributed by atoms with E-state index in [1.54, 1.807) is 4.90 Å². The highest BCUT2D eigenvalue weighted by Gasteiger charge is 2.26. The number of piperazine rings is 1. The third kappa shape index (κ3) is 3.58. The molecule has 0 spiro atoms. The Morgan fingerprint density at radius 3 is 2.24 bits per heavy atom. The fraction of sp³-hybridized carbons (Fsp3) is 0.429. The summed E-state index contributed by atoms with van der Waals surface area (Å²) >= 11 is 5.88. The second-order valence-corrected chi connectivity index (χ2v) is 5.28. The minimum Gasteiger partial charge on any atom is -0.368 e. The summed E-state index contributed by atoms with van der Waals surface area (Å²) < 4.78 is 0. The molecule has 4 amide bonds. The highest BCUT2D eigenvalue weighted by molar-refractivity contribution is 6.30. The van der Waals surface area contributed by atoms with E-state index in [0.29, 0.717) is 18.1 Å². The average molecular weight is 311 g/mol. The zero-order valence-corrected chi connectivity index (χ0v) is 12.9. The number of amides is 4. The van der Waals surface area contributed by atoms with Gasteiger partial charge in [0.2, 0.25) is 0 Å². The lowest BCUT2D eigenvalue weighted by atomic mass is 10.2. The molecular formula is C14H19ClN4O2. The van der Waals surface area contributed by atoms with E-state index in [9.17, 15) is 9.59 Å². The Morgan fingerprint density at radius 1 is 1.14 bits per heavy atom. The Kier molecular flexibility index (Phi) is 4.90. The molecule has 0 unspecified atom stereocenters. The van der Waals surface area contributed by atoms with Crippen LogP contribution in [-0.4, -0.2) is 62.1 Å². The Hall–Kier alpha value is -1.95. The van der Waals surface area contributed by atoms with Crippen molar-refractivity contribution in [3.8, 4) is 0 Å². The number of hydrogen-bond donors (Lipinski definition) is 1. The van der Waals surface area contributed by atoms with E-state index < -0.39 is 6.03 Å². The molecule has 1 N–H and O–H groups in total. The first-order valence-electron chi connectivity index (χ1n) is 6.78. The van der Waals surface area contributed by atoms with Gasteiger partial charge in [-0.1, -0.05) is 11.6 Å². The fourth-order valence-corrected chi connectivity index (χ4v) is 2.40. The van der Waals surface area contributed by atoms with Crippen LogP contribution in [0.3, 0.4) is 0 Å². The summed E-state index contributed by atoms with van der Waals surface area (Å²) in [5.41, 5.74) is 1.09. The molecule has 6 nitrogen and oxygen atoms in total. The minimum absolute atomic E-state index is 0.273. The average Bonchev–Trinajstić information content (AvgIpc) is 2.53. The van der Waals surface area contributed by atoms with Gasteiger partial charge in [0.05, 0.1) is 0 Å². The molecule has 0 radical (unpaired) electrons. The molecule has 0 atom stereocenters. The maximum Gasteiger partial charge on any atom is 0.327 e. The van der Waals surface area contributed by atoms with Gasteiger partial charge in [-0.25, -0.2) is 14.5 Å². The van der Waals surface area contributed by atoms with Crippen LogP contribution < -0.4 is 10.2 Å². The zero-order chi connectivity index (χ0) is 15.4. The molecule has 7 heteroatoms. The number of rotatable bonds is 1. The molecule has 1 saturated heterocycles. The molecule has 114 valence electrons. The van der Waals surface area contributed by atoms with Gasteiger partial charge in [0.25, 0.3) is 0 Å². The van der Waals surface area contributed by atoms with Crippen molar-refractivity contribution in [1.82, 2.24) is 15.1 Å². The van der Waals surface area contributed by atoms with Crippen LogP contribution in [0.5, 0.6) is 0 Å². The van der Waals surface area contributed by atoms with Crippen molar-refractivity contribution in [2.24, 2.45) is 0 Å². The van der Waals surface area contributed by atoms with E-state index in [4.69, 9.17) is 11.6 Å². The number of hydrogen-bond acceptors (Lipinski definition) is 3. The lowest BCUT2D eigenvalue weighted by Crippen LogP contribution is -2.54. The lowest BCUT2D eigenvalue weighted by molar-refractivity contribution is 0.160. The number of imide groups is 1. The van der Waals surface area contributed by atoms with Gasteiger partial charge in [0, 0.05) is 51.0 Å². The molecular weight excluding hydrogens is 292 g/mol. The molecule has 1 aromatic carbocycles. The molecule has 1 fully saturated rings. The Labute approximate surface area is 129 Å². The van der Waals surface area contributed by atoms with Gasteiger partial charge in [0.1, 0.15) is 0 Å². The number of benzene rings is 1. The summed E-state index contributed by atoms with van der Waals surface area (Å²) in [5, 5.41) is 3.15. The normalized spacial score (nSPS) is 14.8. The van der Waals surface area contributed by atoms with E-state index in [2.05, 4.69) is 10.2 Å². The van der Waals surface area contributed by atoms with Crippen LogP contribution in [0, 0.1) is 0 Å². The van der Waals surface area contributed by atoms with Crippen LogP contribution in [-0.2, 0) is 0 Å². The number of carbonyl (C=O) groups is 2. The van der Waals surface area contributed by atoms with Crippen molar-refractivity contribution in [2.75, 3.05) is 45.2 Å². The van der Waals surface area contributed by atoms with Crippen molar-refractivity contribution in [3.63, 3.8) is 0 Å². The first-order chi connectivity index (χ1) is 10.0. The van der Waals surface area contributed by atoms with E-state index in [1.165, 1.54) is 14.1 Å². The molecule has 0 aromatic heterocycles. The molecule has 2 rings (SSSR count). The summed E-state index contributed by atoms with van der Waals surface area (Å²) in [5.74, 6) is 0. The number of urea groups is 2. The van der Waals surface area contributed by atoms with Crippen molar-refractivity contribution < 1.29 is 9.59 Å². The number of nitrogens with one attached hydrogen (secondary N) is 1. The van der Waals surface area contributed by atoms with Gasteiger partial charge in [-0.3, -0.25) is 0 Å². The number of nitrogens with zero attached hydrogens (tertiary/aromatic N) is 3. The van der Waals surface area contributed by atoms with Crippen molar-refractivity contribution >= 4 is 29.4 Å². The quantitative estimate of drug-likeness (QED) is 0.861.